The number of halogens is 3. The third-order valence-corrected chi connectivity index (χ3v) is 20.6. The van der Waals surface area contributed by atoms with Crippen LogP contribution in [0.4, 0.5) is 24.0 Å². The number of hydrogen-bond donors (Lipinski definition) is 7. The molecule has 3 aliphatic carbocycles. The van der Waals surface area contributed by atoms with Gasteiger partial charge in [0.15, 0.2) is 0 Å². The number of carboxylic acids is 2. The number of alkyl halides is 1. The number of rotatable bonds is 35. The van der Waals surface area contributed by atoms with Crippen molar-refractivity contribution in [3.05, 3.63) is 251 Å². The molecule has 720 valence electrons. The standard InChI is InChI=1S/C33H44N2O8.C28H30N2O4.C26H32N2O6.C8H7ClO2.C6H11BrO2.CH4.ClH/c1-32(2,3)42-28(36)19-35(20-29(37)43-33(4,5)6)18-12-11-17-27(30(38)39)34-31(40)41-21-26-24-15-9-7-13-22(24)23-14-8-10-16-25(23)26;29-17-9-8-16-26(27(31)33-18-20-10-2-1-3-11-20)30-28(32)34-19-25-23-14-6-4-12-21(23)22-13-5-7-15-24(22)25;1-26(2,3)34-24(31)27-15-9-8-14-22(23(29)30)28-25(32)33-16-21-19-12-6-4-10-17(19)18-11-5-7-13-20(18)21;9-8(10)11-6-7-4-2-1-3-5-7;1-6(2,3)9-5(8)4-7;;/h7-10,13-16,26-27H,11-12,17-21H2,1-6H3,(H,34,40)(H,38,39);1-7,10-15,25-26H,8-9,16-19,29H2,(H,30,32);4-7,10-13,21-22H,8-9,14-16H2,1-3H3,(H,27,31)(H,28,32)(H,29,30);1-5H,6H2;4H2,1-3H3;1H4;1H/t27-;26-;22-;;;;/m000..../s1. The zero-order chi connectivity index (χ0) is 95.9. The van der Waals surface area contributed by atoms with Crippen LogP contribution in [0.5, 0.6) is 0 Å². The van der Waals surface area contributed by atoms with E-state index in [0.29, 0.717) is 45.2 Å². The minimum atomic E-state index is -1.17. The molecule has 0 fully saturated rings. The summed E-state index contributed by atoms with van der Waals surface area (Å²) in [6, 6.07) is 64.2. The van der Waals surface area contributed by atoms with Crippen molar-refractivity contribution in [1.82, 2.24) is 26.2 Å². The smallest absolute Gasteiger partial charge is 0.407 e. The number of hydrogen-bond acceptors (Lipinski definition) is 21. The van der Waals surface area contributed by atoms with Gasteiger partial charge < -0.3 is 92.3 Å². The monoisotopic (exact) mass is 1940 g/mol. The van der Waals surface area contributed by atoms with Gasteiger partial charge in [-0.15, -0.1) is 0 Å². The molecule has 11 rings (SSSR count). The van der Waals surface area contributed by atoms with Crippen LogP contribution in [0.25, 0.3) is 33.4 Å². The number of fused-ring (bicyclic) bond motifs is 9. The number of carbonyl (C=O) groups is 11. The number of benzene rings is 8. The number of carbonyl (C=O) groups excluding carboxylic acids is 9. The van der Waals surface area contributed by atoms with Gasteiger partial charge in [-0.1, -0.05) is 230 Å². The van der Waals surface area contributed by atoms with Gasteiger partial charge in [0.05, 0.1) is 19.6 Å². The van der Waals surface area contributed by atoms with E-state index in [2.05, 4.69) is 71.9 Å². The van der Waals surface area contributed by atoms with E-state index >= 15 is 0 Å². The molecule has 8 aromatic carbocycles. The maximum atomic E-state index is 12.7. The lowest BCUT2D eigenvalue weighted by molar-refractivity contribution is -0.368. The first-order chi connectivity index (χ1) is 62.2. The lowest BCUT2D eigenvalue weighted by Crippen LogP contribution is -3.00. The fraction of sp³-hybridized carbons (Fsp3) is 0.422. The third kappa shape index (κ3) is 39.8. The fourth-order valence-electron chi connectivity index (χ4n) is 14.5. The zero-order valence-corrected chi connectivity index (χ0v) is 80.2. The molecule has 9 N–H and O–H groups in total. The Morgan fingerprint density at radius 2 is 0.677 bits per heavy atom. The highest BCUT2D eigenvalue weighted by molar-refractivity contribution is 9.09. The Labute approximate surface area is 800 Å². The Morgan fingerprint density at radius 3 is 0.985 bits per heavy atom. The van der Waals surface area contributed by atoms with Crippen LogP contribution in [0.3, 0.4) is 0 Å². The van der Waals surface area contributed by atoms with Gasteiger partial charge >= 0.3 is 65.6 Å². The predicted molar refractivity (Wildman–Crippen MR) is 508 cm³/mol. The van der Waals surface area contributed by atoms with Gasteiger partial charge in [0, 0.05) is 35.9 Å². The minimum Gasteiger partial charge on any atom is -1.00 e. The highest BCUT2D eigenvalue weighted by atomic mass is 79.9. The van der Waals surface area contributed by atoms with Crippen molar-refractivity contribution in [2.45, 2.75) is 220 Å². The molecule has 0 heterocycles. The van der Waals surface area contributed by atoms with E-state index < -0.39 is 94.6 Å². The van der Waals surface area contributed by atoms with Crippen molar-refractivity contribution in [1.29, 1.82) is 0 Å². The van der Waals surface area contributed by atoms with E-state index in [1.807, 2.05) is 203 Å². The van der Waals surface area contributed by atoms with Gasteiger partial charge in [0.1, 0.15) is 78.9 Å². The van der Waals surface area contributed by atoms with Gasteiger partial charge in [-0.3, -0.25) is 19.3 Å². The molecule has 31 heteroatoms. The number of alkyl carbamates (subject to hydrolysis) is 4. The van der Waals surface area contributed by atoms with E-state index in [1.54, 1.807) is 67.2 Å². The summed E-state index contributed by atoms with van der Waals surface area (Å²) in [5.41, 5.74) is 16.0. The van der Waals surface area contributed by atoms with Gasteiger partial charge in [0.2, 0.25) is 0 Å². The number of quaternary nitrogens is 1. The van der Waals surface area contributed by atoms with Crippen molar-refractivity contribution >= 4 is 93.1 Å². The van der Waals surface area contributed by atoms with Crippen molar-refractivity contribution in [2.24, 2.45) is 0 Å². The molecule has 0 bridgehead atoms. The Kier molecular flexibility index (Phi) is 46.6. The fourth-order valence-corrected chi connectivity index (χ4v) is 14.7. The van der Waals surface area contributed by atoms with Gasteiger partial charge in [-0.05, 0) is 225 Å². The van der Waals surface area contributed by atoms with Crippen LogP contribution < -0.4 is 39.4 Å². The first-order valence-electron chi connectivity index (χ1n) is 43.8. The highest BCUT2D eigenvalue weighted by Crippen LogP contribution is 2.47. The molecule has 0 radical (unpaired) electrons. The van der Waals surface area contributed by atoms with Crippen LogP contribution in [0.1, 0.15) is 211 Å². The maximum Gasteiger partial charge on any atom is 0.407 e. The summed E-state index contributed by atoms with van der Waals surface area (Å²) in [6.45, 7) is 23.5. The Hall–Kier alpha value is -11.9. The van der Waals surface area contributed by atoms with Crippen LogP contribution >= 0.6 is 27.5 Å². The van der Waals surface area contributed by atoms with Crippen molar-refractivity contribution in [2.75, 3.05) is 57.9 Å². The number of aliphatic carboxylic acids is 2. The highest BCUT2D eigenvalue weighted by Gasteiger charge is 2.35. The van der Waals surface area contributed by atoms with Gasteiger partial charge in [-0.2, -0.15) is 0 Å². The molecule has 8 aromatic rings. The lowest BCUT2D eigenvalue weighted by atomic mass is 9.98. The molecular weight excluding hydrogens is 1810 g/mol. The summed E-state index contributed by atoms with van der Waals surface area (Å²) in [4.78, 5) is 133. The van der Waals surface area contributed by atoms with Gasteiger partial charge in [-0.25, -0.2) is 38.4 Å². The predicted octanol–water partition coefficient (Wildman–Crippen LogP) is 15.8. The lowest BCUT2D eigenvalue weighted by Gasteiger charge is -2.26. The summed E-state index contributed by atoms with van der Waals surface area (Å²) in [5.74, 6) is -4.20. The van der Waals surface area contributed by atoms with Crippen molar-refractivity contribution in [3.8, 4) is 33.4 Å². The average molecular weight is 1940 g/mol. The Balaban J connectivity index is 0.000000318. The molecule has 0 aromatic heterocycles. The quantitative estimate of drug-likeness (QED) is 0.00638. The normalized spacial score (nSPS) is 12.6. The van der Waals surface area contributed by atoms with E-state index in [9.17, 15) is 63.0 Å². The molecule has 0 spiro atoms. The summed E-state index contributed by atoms with van der Waals surface area (Å²) >= 11 is 7.96. The molecule has 3 aliphatic rings. The molecular formula is C102H129BrCl2N6O22. The number of nitrogens with zero attached hydrogens (tertiary/aromatic N) is 1. The van der Waals surface area contributed by atoms with Crippen molar-refractivity contribution < 1.29 is 124 Å². The number of esters is 4. The average Bonchev–Trinajstić information content (AvgIpc) is 1.63. The zero-order valence-electron chi connectivity index (χ0n) is 77.1. The summed E-state index contributed by atoms with van der Waals surface area (Å²) < 4.78 is 47.4. The summed E-state index contributed by atoms with van der Waals surface area (Å²) in [7, 11) is 0. The molecule has 28 nitrogen and oxygen atoms in total. The second-order valence-electron chi connectivity index (χ2n) is 35.2. The Bertz CT molecular complexity index is 4910. The second kappa shape index (κ2) is 55.6. The molecule has 0 saturated carbocycles. The second-order valence-corrected chi connectivity index (χ2v) is 36.1. The van der Waals surface area contributed by atoms with Crippen LogP contribution in [0, 0.1) is 0 Å². The molecule has 0 unspecified atom stereocenters. The number of nitrogens with one attached hydrogen (secondary N) is 4. The molecule has 0 saturated heterocycles. The number of ether oxygens (including phenoxy) is 9. The maximum absolute atomic E-state index is 12.7. The van der Waals surface area contributed by atoms with Crippen LogP contribution in [-0.2, 0) is 84.6 Å². The molecule has 4 amide bonds. The van der Waals surface area contributed by atoms with Crippen LogP contribution in [-0.4, -0.2) is 179 Å². The topological polar surface area (TPSA) is 390 Å². The first-order valence-corrected chi connectivity index (χ1v) is 45.3. The van der Waals surface area contributed by atoms with E-state index in [0.717, 1.165) is 86.1 Å². The summed E-state index contributed by atoms with van der Waals surface area (Å²) in [6.07, 6.45) is 1.72. The third-order valence-electron chi connectivity index (χ3n) is 20.1. The van der Waals surface area contributed by atoms with Crippen molar-refractivity contribution in [3.63, 3.8) is 0 Å². The molecule has 3 atom stereocenters. The number of amides is 4. The van der Waals surface area contributed by atoms with Gasteiger partial charge in [0.25, 0.3) is 0 Å². The van der Waals surface area contributed by atoms with E-state index in [1.165, 1.54) is 11.1 Å². The number of unbranched alkanes of at least 4 members (excludes halogenated alkanes) is 3. The Morgan fingerprint density at radius 1 is 0.383 bits per heavy atom. The molecule has 133 heavy (non-hydrogen) atoms. The number of carboxylic acid groups (broad SMARTS) is 2. The van der Waals surface area contributed by atoms with E-state index in [4.69, 9.17) is 49.5 Å². The van der Waals surface area contributed by atoms with Crippen LogP contribution in [0.2, 0.25) is 0 Å². The van der Waals surface area contributed by atoms with Crippen LogP contribution in [0.15, 0.2) is 206 Å². The largest absolute Gasteiger partial charge is 1.00 e. The summed E-state index contributed by atoms with van der Waals surface area (Å²) in [5, 5.41) is 29.7. The SMILES string of the molecule is C.CC(C)(C)OC(=O)CBr.CC(C)(C)OC(=O)CN(CCCC[C@H](NC(=O)OCC1c2ccccc2-c2ccccc21)C(=O)O)CC(=O)OC(C)(C)C.CC(C)(C)OC(=O)NCCCC[C@H](NC(=O)OCC1c2ccccc2-c2ccccc21)C(=O)O.O=C(Cl)OCc1ccccc1.[Cl-].[NH3+]CCCC[C@H](NC(=O)OCC1c2ccccc2-c2ccccc21)C(=O)OCc1ccccc1. The first kappa shape index (κ1) is 112. The minimum absolute atomic E-state index is 0. The van der Waals surface area contributed by atoms with E-state index in [-0.39, 0.29) is 113 Å². The molecule has 0 aliphatic heterocycles.